The number of unbranched alkanes of at least 4 members (excludes halogenated alkanes) is 10. The molecule has 0 aromatic heterocycles. The lowest BCUT2D eigenvalue weighted by atomic mass is 10.00. The third-order valence-electron chi connectivity index (χ3n) is 5.67. The molecular formula is C25H53NO2. The van der Waals surface area contributed by atoms with Crippen LogP contribution in [0.25, 0.3) is 0 Å². The summed E-state index contributed by atoms with van der Waals surface area (Å²) in [5, 5.41) is 10.2. The Labute approximate surface area is 177 Å². The van der Waals surface area contributed by atoms with Crippen molar-refractivity contribution in [3.8, 4) is 0 Å². The first kappa shape index (κ1) is 27.9. The van der Waals surface area contributed by atoms with Gasteiger partial charge in [0.05, 0.1) is 6.10 Å². The van der Waals surface area contributed by atoms with E-state index in [0.29, 0.717) is 5.92 Å². The van der Waals surface area contributed by atoms with E-state index in [1.54, 1.807) is 0 Å². The maximum atomic E-state index is 10.2. The smallest absolute Gasteiger partial charge is 0.0540 e. The van der Waals surface area contributed by atoms with Crippen LogP contribution in [0.3, 0.4) is 0 Å². The number of aliphatic hydroxyl groups excluding tert-OH is 1. The molecule has 0 saturated carbocycles. The average molecular weight is 400 g/mol. The third kappa shape index (κ3) is 22.2. The molecular weight excluding hydrogens is 346 g/mol. The van der Waals surface area contributed by atoms with E-state index < -0.39 is 0 Å². The van der Waals surface area contributed by atoms with Crippen molar-refractivity contribution in [2.45, 2.75) is 123 Å². The summed E-state index contributed by atoms with van der Waals surface area (Å²) < 4.78 is 5.76. The largest absolute Gasteiger partial charge is 0.393 e. The van der Waals surface area contributed by atoms with Crippen LogP contribution in [0.15, 0.2) is 0 Å². The first-order valence-corrected chi connectivity index (χ1v) is 12.5. The molecule has 170 valence electrons. The van der Waals surface area contributed by atoms with Gasteiger partial charge in [-0.15, -0.1) is 0 Å². The molecule has 0 bridgehead atoms. The Bertz CT molecular complexity index is 296. The standard InChI is InChI=1S/C25H53NO2/c1-5-6-7-8-9-10-11-12-13-14-15-19-25(27)20-16-18-24(2)23-28-22-17-21-26(3)4/h24-25,27H,5-23H2,1-4H3. The highest BCUT2D eigenvalue weighted by Gasteiger charge is 2.07. The van der Waals surface area contributed by atoms with Crippen LogP contribution in [0.4, 0.5) is 0 Å². The van der Waals surface area contributed by atoms with Crippen molar-refractivity contribution >= 4 is 0 Å². The molecule has 0 aromatic rings. The zero-order chi connectivity index (χ0) is 20.9. The zero-order valence-corrected chi connectivity index (χ0v) is 19.9. The summed E-state index contributed by atoms with van der Waals surface area (Å²) in [4.78, 5) is 2.20. The Morgan fingerprint density at radius 1 is 0.714 bits per heavy atom. The van der Waals surface area contributed by atoms with Gasteiger partial charge in [0.1, 0.15) is 0 Å². The van der Waals surface area contributed by atoms with Gasteiger partial charge in [-0.1, -0.05) is 90.9 Å². The van der Waals surface area contributed by atoms with Crippen molar-refractivity contribution in [1.29, 1.82) is 0 Å². The van der Waals surface area contributed by atoms with Gasteiger partial charge in [0.15, 0.2) is 0 Å². The minimum Gasteiger partial charge on any atom is -0.393 e. The monoisotopic (exact) mass is 399 g/mol. The van der Waals surface area contributed by atoms with Gasteiger partial charge < -0.3 is 14.7 Å². The van der Waals surface area contributed by atoms with Crippen molar-refractivity contribution < 1.29 is 9.84 Å². The SMILES string of the molecule is CCCCCCCCCCCCCC(O)CCCC(C)COCCCN(C)C. The highest BCUT2D eigenvalue weighted by Crippen LogP contribution is 2.15. The molecule has 0 aliphatic rings. The predicted molar refractivity (Wildman–Crippen MR) is 124 cm³/mol. The van der Waals surface area contributed by atoms with Crippen molar-refractivity contribution in [2.24, 2.45) is 5.92 Å². The lowest BCUT2D eigenvalue weighted by molar-refractivity contribution is 0.0915. The fraction of sp³-hybridized carbons (Fsp3) is 1.00. The zero-order valence-electron chi connectivity index (χ0n) is 19.9. The molecule has 0 spiro atoms. The number of ether oxygens (including phenoxy) is 1. The van der Waals surface area contributed by atoms with Crippen molar-refractivity contribution in [2.75, 3.05) is 33.9 Å². The van der Waals surface area contributed by atoms with Gasteiger partial charge in [0.25, 0.3) is 0 Å². The summed E-state index contributed by atoms with van der Waals surface area (Å²) in [5.41, 5.74) is 0. The Kier molecular flexibility index (Phi) is 21.5. The molecule has 1 N–H and O–H groups in total. The summed E-state index contributed by atoms with van der Waals surface area (Å²) in [7, 11) is 4.20. The van der Waals surface area contributed by atoms with Gasteiger partial charge in [0, 0.05) is 13.2 Å². The highest BCUT2D eigenvalue weighted by atomic mass is 16.5. The summed E-state index contributed by atoms with van der Waals surface area (Å²) >= 11 is 0. The van der Waals surface area contributed by atoms with Crippen LogP contribution in [-0.4, -0.2) is 50.0 Å². The Morgan fingerprint density at radius 2 is 1.25 bits per heavy atom. The molecule has 0 amide bonds. The molecule has 3 heteroatoms. The lowest BCUT2D eigenvalue weighted by Crippen LogP contribution is -2.16. The molecule has 0 saturated heterocycles. The first-order chi connectivity index (χ1) is 13.6. The van der Waals surface area contributed by atoms with Gasteiger partial charge in [-0.2, -0.15) is 0 Å². The molecule has 0 heterocycles. The van der Waals surface area contributed by atoms with E-state index in [-0.39, 0.29) is 6.10 Å². The quantitative estimate of drug-likeness (QED) is 0.203. The second-order valence-electron chi connectivity index (χ2n) is 9.25. The average Bonchev–Trinajstić information content (AvgIpc) is 2.65. The second-order valence-corrected chi connectivity index (χ2v) is 9.25. The fourth-order valence-electron chi connectivity index (χ4n) is 3.74. The van der Waals surface area contributed by atoms with E-state index in [0.717, 1.165) is 45.4 Å². The van der Waals surface area contributed by atoms with Crippen molar-refractivity contribution in [1.82, 2.24) is 4.90 Å². The molecule has 28 heavy (non-hydrogen) atoms. The molecule has 2 unspecified atom stereocenters. The van der Waals surface area contributed by atoms with Crippen LogP contribution in [0.5, 0.6) is 0 Å². The lowest BCUT2D eigenvalue weighted by Gasteiger charge is -2.15. The van der Waals surface area contributed by atoms with Crippen molar-refractivity contribution in [3.05, 3.63) is 0 Å². The number of nitrogens with zero attached hydrogens (tertiary/aromatic N) is 1. The van der Waals surface area contributed by atoms with Gasteiger partial charge in [-0.05, 0) is 52.2 Å². The highest BCUT2D eigenvalue weighted by molar-refractivity contribution is 4.60. The Balaban J connectivity index is 3.29. The minimum atomic E-state index is -0.0909. The van der Waals surface area contributed by atoms with E-state index in [1.807, 2.05) is 0 Å². The van der Waals surface area contributed by atoms with Gasteiger partial charge >= 0.3 is 0 Å². The first-order valence-electron chi connectivity index (χ1n) is 12.5. The molecule has 0 fully saturated rings. The topological polar surface area (TPSA) is 32.7 Å². The maximum Gasteiger partial charge on any atom is 0.0540 e. The van der Waals surface area contributed by atoms with E-state index in [1.165, 1.54) is 77.0 Å². The van der Waals surface area contributed by atoms with Crippen LogP contribution in [0, 0.1) is 5.92 Å². The molecule has 3 nitrogen and oxygen atoms in total. The summed E-state index contributed by atoms with van der Waals surface area (Å²) in [6, 6.07) is 0. The van der Waals surface area contributed by atoms with Crippen LogP contribution in [-0.2, 0) is 4.74 Å². The number of aliphatic hydroxyl groups is 1. The molecule has 2 atom stereocenters. The predicted octanol–water partition coefficient (Wildman–Crippen LogP) is 6.82. The summed E-state index contributed by atoms with van der Waals surface area (Å²) in [6.07, 6.45) is 20.4. The van der Waals surface area contributed by atoms with Crippen LogP contribution in [0.1, 0.15) is 117 Å². The molecule has 0 aromatic carbocycles. The van der Waals surface area contributed by atoms with Gasteiger partial charge in [-0.3, -0.25) is 0 Å². The van der Waals surface area contributed by atoms with E-state index in [2.05, 4.69) is 32.8 Å². The van der Waals surface area contributed by atoms with E-state index in [4.69, 9.17) is 4.74 Å². The molecule has 0 rings (SSSR count). The van der Waals surface area contributed by atoms with E-state index in [9.17, 15) is 5.11 Å². The van der Waals surface area contributed by atoms with Crippen LogP contribution < -0.4 is 0 Å². The summed E-state index contributed by atoms with van der Waals surface area (Å²) in [5.74, 6) is 0.605. The minimum absolute atomic E-state index is 0.0909. The van der Waals surface area contributed by atoms with Gasteiger partial charge in [0.2, 0.25) is 0 Å². The Morgan fingerprint density at radius 3 is 1.82 bits per heavy atom. The number of rotatable bonds is 22. The molecule has 0 radical (unpaired) electrons. The fourth-order valence-corrected chi connectivity index (χ4v) is 3.74. The Hall–Kier alpha value is -0.120. The van der Waals surface area contributed by atoms with E-state index >= 15 is 0 Å². The second kappa shape index (κ2) is 21.6. The summed E-state index contributed by atoms with van der Waals surface area (Å²) in [6.45, 7) is 7.37. The normalized spacial score (nSPS) is 13.9. The van der Waals surface area contributed by atoms with Crippen LogP contribution in [0.2, 0.25) is 0 Å². The van der Waals surface area contributed by atoms with Crippen LogP contribution >= 0.6 is 0 Å². The third-order valence-corrected chi connectivity index (χ3v) is 5.67. The maximum absolute atomic E-state index is 10.2. The number of hydrogen-bond donors (Lipinski definition) is 1. The van der Waals surface area contributed by atoms with Gasteiger partial charge in [-0.25, -0.2) is 0 Å². The molecule has 0 aliphatic heterocycles. The molecule has 0 aliphatic carbocycles. The van der Waals surface area contributed by atoms with Crippen molar-refractivity contribution in [3.63, 3.8) is 0 Å². The number of hydrogen-bond acceptors (Lipinski definition) is 3.